The van der Waals surface area contributed by atoms with E-state index in [2.05, 4.69) is 10.8 Å². The van der Waals surface area contributed by atoms with Crippen molar-refractivity contribution in [3.63, 3.8) is 0 Å². The van der Waals surface area contributed by atoms with Gasteiger partial charge in [-0.15, -0.1) is 0 Å². The summed E-state index contributed by atoms with van der Waals surface area (Å²) >= 11 is 0. The zero-order valence-electron chi connectivity index (χ0n) is 16.7. The van der Waals surface area contributed by atoms with E-state index in [-0.39, 0.29) is 17.9 Å². The SMILES string of the molecule is C/C=C/C1CCC(c2ccc(OC(F)(F)c3cc(F)c(C(F)(F)F)c(F)c3)cc2)CC1. The van der Waals surface area contributed by atoms with Crippen molar-refractivity contribution in [2.45, 2.75) is 50.8 Å². The van der Waals surface area contributed by atoms with Crippen molar-refractivity contribution < 1.29 is 35.5 Å². The highest BCUT2D eigenvalue weighted by Crippen LogP contribution is 2.40. The van der Waals surface area contributed by atoms with Crippen molar-refractivity contribution in [1.29, 1.82) is 0 Å². The maximum atomic E-state index is 14.4. The molecule has 0 heterocycles. The summed E-state index contributed by atoms with van der Waals surface area (Å²) in [4.78, 5) is 0. The minimum Gasteiger partial charge on any atom is -0.429 e. The van der Waals surface area contributed by atoms with Gasteiger partial charge in [-0.2, -0.15) is 22.0 Å². The second-order valence-corrected chi connectivity index (χ2v) is 7.64. The Kier molecular flexibility index (Phi) is 6.67. The molecule has 31 heavy (non-hydrogen) atoms. The van der Waals surface area contributed by atoms with Crippen molar-refractivity contribution in [3.8, 4) is 5.75 Å². The van der Waals surface area contributed by atoms with Crippen LogP contribution >= 0.6 is 0 Å². The molecule has 8 heteroatoms. The van der Waals surface area contributed by atoms with Crippen LogP contribution in [-0.2, 0) is 12.3 Å². The lowest BCUT2D eigenvalue weighted by atomic mass is 9.78. The second kappa shape index (κ2) is 8.93. The Morgan fingerprint density at radius 1 is 0.871 bits per heavy atom. The Bertz CT molecular complexity index is 901. The minimum atomic E-state index is -5.34. The Labute approximate surface area is 175 Å². The first-order valence-electron chi connectivity index (χ1n) is 9.87. The first-order valence-corrected chi connectivity index (χ1v) is 9.87. The molecule has 0 bridgehead atoms. The summed E-state index contributed by atoms with van der Waals surface area (Å²) < 4.78 is 98.5. The van der Waals surface area contributed by atoms with Gasteiger partial charge >= 0.3 is 12.3 Å². The molecule has 1 aliphatic rings. The largest absolute Gasteiger partial charge is 0.429 e. The van der Waals surface area contributed by atoms with Crippen LogP contribution in [0.2, 0.25) is 0 Å². The van der Waals surface area contributed by atoms with Gasteiger partial charge in [0, 0.05) is 0 Å². The Morgan fingerprint density at radius 2 is 1.42 bits per heavy atom. The molecule has 1 saturated carbocycles. The van der Waals surface area contributed by atoms with Crippen molar-refractivity contribution >= 4 is 0 Å². The lowest BCUT2D eigenvalue weighted by Crippen LogP contribution is -2.23. The van der Waals surface area contributed by atoms with E-state index in [1.54, 1.807) is 12.1 Å². The van der Waals surface area contributed by atoms with Gasteiger partial charge < -0.3 is 4.74 Å². The second-order valence-electron chi connectivity index (χ2n) is 7.64. The molecule has 1 nitrogen and oxygen atoms in total. The number of benzene rings is 2. The van der Waals surface area contributed by atoms with Gasteiger partial charge in [-0.05, 0) is 74.3 Å². The number of hydrogen-bond donors (Lipinski definition) is 0. The molecule has 0 radical (unpaired) electrons. The summed E-state index contributed by atoms with van der Waals surface area (Å²) in [6, 6.07) is 5.81. The fourth-order valence-electron chi connectivity index (χ4n) is 3.94. The van der Waals surface area contributed by atoms with E-state index in [1.807, 2.05) is 13.0 Å². The number of halogens is 7. The zero-order chi connectivity index (χ0) is 22.8. The van der Waals surface area contributed by atoms with E-state index in [0.29, 0.717) is 11.8 Å². The molecule has 0 N–H and O–H groups in total. The van der Waals surface area contributed by atoms with Crippen molar-refractivity contribution in [2.24, 2.45) is 5.92 Å². The lowest BCUT2D eigenvalue weighted by Gasteiger charge is -2.27. The van der Waals surface area contributed by atoms with Crippen molar-refractivity contribution in [3.05, 3.63) is 76.9 Å². The van der Waals surface area contributed by atoms with Gasteiger partial charge in [0.25, 0.3) is 0 Å². The smallest absolute Gasteiger partial charge is 0.426 e. The van der Waals surface area contributed by atoms with Crippen LogP contribution in [0, 0.1) is 17.6 Å². The van der Waals surface area contributed by atoms with Crippen LogP contribution in [0.25, 0.3) is 0 Å². The number of allylic oxidation sites excluding steroid dienone is 2. The van der Waals surface area contributed by atoms with Gasteiger partial charge in [0.2, 0.25) is 0 Å². The average molecular weight is 446 g/mol. The minimum absolute atomic E-state index is 0.0660. The Hall–Kier alpha value is -2.51. The quantitative estimate of drug-likeness (QED) is 0.334. The van der Waals surface area contributed by atoms with E-state index >= 15 is 0 Å². The summed E-state index contributed by atoms with van der Waals surface area (Å²) in [5, 5.41) is 0. The van der Waals surface area contributed by atoms with Gasteiger partial charge in [-0.1, -0.05) is 24.3 Å². The van der Waals surface area contributed by atoms with Gasteiger partial charge in [-0.25, -0.2) is 8.78 Å². The molecule has 0 aliphatic heterocycles. The van der Waals surface area contributed by atoms with E-state index in [1.165, 1.54) is 12.1 Å². The molecule has 0 spiro atoms. The van der Waals surface area contributed by atoms with Crippen LogP contribution in [-0.4, -0.2) is 0 Å². The van der Waals surface area contributed by atoms with E-state index < -0.39 is 35.0 Å². The highest BCUT2D eigenvalue weighted by atomic mass is 19.4. The summed E-state index contributed by atoms with van der Waals surface area (Å²) in [5.41, 5.74) is -2.59. The predicted octanol–water partition coefficient (Wildman–Crippen LogP) is 7.96. The van der Waals surface area contributed by atoms with Crippen LogP contribution in [0.3, 0.4) is 0 Å². The molecule has 0 amide bonds. The standard InChI is InChI=1S/C23H21F7O/c1-2-3-14-4-6-15(7-5-14)16-8-10-18(11-9-16)31-23(29,30)17-12-19(24)21(20(25)13-17)22(26,27)28/h2-3,8-15H,4-7H2,1H3/b3-2+. The normalized spacial score (nSPS) is 20.3. The third-order valence-corrected chi connectivity index (χ3v) is 5.50. The predicted molar refractivity (Wildman–Crippen MR) is 102 cm³/mol. The van der Waals surface area contributed by atoms with Crippen LogP contribution in [0.5, 0.6) is 5.75 Å². The third-order valence-electron chi connectivity index (χ3n) is 5.50. The number of hydrogen-bond acceptors (Lipinski definition) is 1. The molecule has 0 atom stereocenters. The molecule has 168 valence electrons. The highest BCUT2D eigenvalue weighted by molar-refractivity contribution is 5.33. The molecular weight excluding hydrogens is 425 g/mol. The van der Waals surface area contributed by atoms with Gasteiger partial charge in [-0.3, -0.25) is 0 Å². The molecule has 0 aromatic heterocycles. The van der Waals surface area contributed by atoms with Crippen molar-refractivity contribution in [1.82, 2.24) is 0 Å². The van der Waals surface area contributed by atoms with Crippen LogP contribution in [0.4, 0.5) is 30.7 Å². The van der Waals surface area contributed by atoms with E-state index in [9.17, 15) is 30.7 Å². The summed E-state index contributed by atoms with van der Waals surface area (Å²) in [6.45, 7) is 1.98. The molecule has 1 fully saturated rings. The molecule has 0 saturated heterocycles. The van der Waals surface area contributed by atoms with Crippen molar-refractivity contribution in [2.75, 3.05) is 0 Å². The molecule has 2 aromatic rings. The number of rotatable bonds is 5. The number of ether oxygens (including phenoxy) is 1. The Balaban J connectivity index is 1.72. The molecule has 0 unspecified atom stereocenters. The monoisotopic (exact) mass is 446 g/mol. The first-order chi connectivity index (χ1) is 14.5. The lowest BCUT2D eigenvalue weighted by molar-refractivity contribution is -0.186. The highest BCUT2D eigenvalue weighted by Gasteiger charge is 2.42. The van der Waals surface area contributed by atoms with Gasteiger partial charge in [0.05, 0.1) is 5.56 Å². The number of alkyl halides is 5. The van der Waals surface area contributed by atoms with Crippen LogP contribution in [0.1, 0.15) is 55.2 Å². The van der Waals surface area contributed by atoms with E-state index in [0.717, 1.165) is 31.2 Å². The maximum absolute atomic E-state index is 14.4. The summed E-state index contributed by atoms with van der Waals surface area (Å²) in [5.74, 6) is -3.68. The van der Waals surface area contributed by atoms with Crippen LogP contribution < -0.4 is 4.74 Å². The maximum Gasteiger partial charge on any atom is 0.426 e. The summed E-state index contributed by atoms with van der Waals surface area (Å²) in [7, 11) is 0. The summed E-state index contributed by atoms with van der Waals surface area (Å²) in [6.07, 6.45) is -1.34. The first kappa shape index (κ1) is 23.2. The van der Waals surface area contributed by atoms with E-state index in [4.69, 9.17) is 0 Å². The molecule has 2 aromatic carbocycles. The fraction of sp³-hybridized carbons (Fsp3) is 0.391. The Morgan fingerprint density at radius 3 is 1.90 bits per heavy atom. The van der Waals surface area contributed by atoms with Crippen LogP contribution in [0.15, 0.2) is 48.6 Å². The zero-order valence-corrected chi connectivity index (χ0v) is 16.7. The van der Waals surface area contributed by atoms with Gasteiger partial charge in [0.15, 0.2) is 0 Å². The molecule has 3 rings (SSSR count). The topological polar surface area (TPSA) is 9.23 Å². The molecular formula is C23H21F7O. The fourth-order valence-corrected chi connectivity index (χ4v) is 3.94. The van der Waals surface area contributed by atoms with Gasteiger partial charge in [0.1, 0.15) is 22.9 Å². The average Bonchev–Trinajstić information content (AvgIpc) is 2.67. The molecule has 1 aliphatic carbocycles. The third kappa shape index (κ3) is 5.40.